The zero-order valence-electron chi connectivity index (χ0n) is 19.4. The number of carbonyl (C=O) groups is 1. The lowest BCUT2D eigenvalue weighted by Gasteiger charge is -2.17. The van der Waals surface area contributed by atoms with Crippen molar-refractivity contribution >= 4 is 34.2 Å². The van der Waals surface area contributed by atoms with E-state index in [1.54, 1.807) is 23.9 Å². The first-order valence-corrected chi connectivity index (χ1v) is 13.0. The van der Waals surface area contributed by atoms with Gasteiger partial charge in [0.2, 0.25) is 5.91 Å². The molecule has 178 valence electrons. The molecule has 0 aliphatic heterocycles. The lowest BCUT2D eigenvalue weighted by molar-refractivity contribution is -0.121. The third kappa shape index (κ3) is 4.93. The number of amides is 1. The van der Waals surface area contributed by atoms with Gasteiger partial charge in [0, 0.05) is 29.2 Å². The fraction of sp³-hybridized carbons (Fsp3) is 0.222. The Morgan fingerprint density at radius 3 is 2.71 bits per heavy atom. The number of hydrogen-bond acceptors (Lipinski definition) is 4. The van der Waals surface area contributed by atoms with Gasteiger partial charge in [0.1, 0.15) is 5.82 Å². The normalized spacial score (nSPS) is 12.3. The first kappa shape index (κ1) is 23.1. The van der Waals surface area contributed by atoms with Crippen molar-refractivity contribution in [1.82, 2.24) is 24.9 Å². The van der Waals surface area contributed by atoms with Gasteiger partial charge in [-0.05, 0) is 78.4 Å². The summed E-state index contributed by atoms with van der Waals surface area (Å²) in [6, 6.07) is 20.0. The van der Waals surface area contributed by atoms with E-state index in [0.717, 1.165) is 51.4 Å². The summed E-state index contributed by atoms with van der Waals surface area (Å²) in [4.78, 5) is 16.6. The van der Waals surface area contributed by atoms with E-state index < -0.39 is 0 Å². The number of halogens is 1. The third-order valence-electron chi connectivity index (χ3n) is 6.15. The zero-order chi connectivity index (χ0) is 24.2. The molecular weight excluding hydrogens is 461 g/mol. The van der Waals surface area contributed by atoms with Crippen LogP contribution in [0.3, 0.4) is 0 Å². The highest BCUT2D eigenvalue weighted by Crippen LogP contribution is 2.31. The molecule has 1 unspecified atom stereocenters. The Labute approximate surface area is 207 Å². The molecule has 2 aromatic carbocycles. The predicted molar refractivity (Wildman–Crippen MR) is 139 cm³/mol. The summed E-state index contributed by atoms with van der Waals surface area (Å²) in [6.45, 7) is 0. The van der Waals surface area contributed by atoms with E-state index in [4.69, 9.17) is 0 Å². The molecule has 0 aliphatic rings. The first-order valence-electron chi connectivity index (χ1n) is 11.6. The van der Waals surface area contributed by atoms with Gasteiger partial charge in [0.05, 0.1) is 6.04 Å². The van der Waals surface area contributed by atoms with Crippen molar-refractivity contribution in [2.24, 2.45) is 0 Å². The summed E-state index contributed by atoms with van der Waals surface area (Å²) >= 11 is 1.73. The molecule has 6 nitrogen and oxygen atoms in total. The van der Waals surface area contributed by atoms with E-state index in [1.165, 1.54) is 12.1 Å². The first-order chi connectivity index (χ1) is 17.1. The number of para-hydroxylation sites is 1. The summed E-state index contributed by atoms with van der Waals surface area (Å²) in [5, 5.41) is 12.9. The van der Waals surface area contributed by atoms with Crippen molar-refractivity contribution < 1.29 is 9.18 Å². The van der Waals surface area contributed by atoms with E-state index in [1.807, 2.05) is 47.0 Å². The topological polar surface area (TPSA) is 75.1 Å². The second kappa shape index (κ2) is 10.3. The minimum atomic E-state index is -0.275. The maximum absolute atomic E-state index is 13.5. The van der Waals surface area contributed by atoms with E-state index >= 15 is 0 Å². The van der Waals surface area contributed by atoms with Crippen LogP contribution in [0.1, 0.15) is 30.3 Å². The molecule has 1 atom stereocenters. The molecule has 0 spiro atoms. The summed E-state index contributed by atoms with van der Waals surface area (Å²) in [5.74, 6) is 1.31. The number of fused-ring (bicyclic) bond motifs is 2. The predicted octanol–water partition coefficient (Wildman–Crippen LogP) is 5.56. The minimum Gasteiger partial charge on any atom is -0.354 e. The second-order valence-electron chi connectivity index (χ2n) is 8.42. The van der Waals surface area contributed by atoms with Crippen LogP contribution in [0.4, 0.5) is 4.39 Å². The number of aryl methyl sites for hydroxylation is 1. The SMILES string of the molecule is CSCCC(NC(=O)CCc1c(-c2ccc(F)cc2)[nH]c2ccccc12)c1nnc2ccccn12. The van der Waals surface area contributed by atoms with Crippen molar-refractivity contribution in [2.75, 3.05) is 12.0 Å². The largest absolute Gasteiger partial charge is 0.354 e. The fourth-order valence-corrected chi connectivity index (χ4v) is 4.90. The molecule has 0 saturated heterocycles. The quantitative estimate of drug-likeness (QED) is 0.285. The van der Waals surface area contributed by atoms with Crippen LogP contribution < -0.4 is 5.32 Å². The molecule has 0 bridgehead atoms. The van der Waals surface area contributed by atoms with Gasteiger partial charge in [-0.1, -0.05) is 24.3 Å². The maximum atomic E-state index is 13.5. The fourth-order valence-electron chi connectivity index (χ4n) is 4.43. The molecule has 5 rings (SSSR count). The Morgan fingerprint density at radius 2 is 1.89 bits per heavy atom. The molecule has 2 N–H and O–H groups in total. The van der Waals surface area contributed by atoms with Crippen molar-refractivity contribution in [2.45, 2.75) is 25.3 Å². The van der Waals surface area contributed by atoms with E-state index in [-0.39, 0.29) is 17.8 Å². The van der Waals surface area contributed by atoms with Gasteiger partial charge in [0.25, 0.3) is 0 Å². The number of rotatable bonds is 9. The van der Waals surface area contributed by atoms with Crippen LogP contribution >= 0.6 is 11.8 Å². The molecule has 0 radical (unpaired) electrons. The van der Waals surface area contributed by atoms with Crippen LogP contribution in [-0.2, 0) is 11.2 Å². The summed E-state index contributed by atoms with van der Waals surface area (Å²) in [6.07, 6.45) is 5.61. The Hall–Kier alpha value is -3.65. The summed E-state index contributed by atoms with van der Waals surface area (Å²) < 4.78 is 15.4. The summed E-state index contributed by atoms with van der Waals surface area (Å²) in [5.41, 5.74) is 4.62. The lowest BCUT2D eigenvalue weighted by atomic mass is 10.0. The van der Waals surface area contributed by atoms with Gasteiger partial charge in [-0.2, -0.15) is 11.8 Å². The van der Waals surface area contributed by atoms with E-state index in [2.05, 4.69) is 32.8 Å². The van der Waals surface area contributed by atoms with Gasteiger partial charge in [-0.3, -0.25) is 9.20 Å². The molecule has 0 saturated carbocycles. The van der Waals surface area contributed by atoms with E-state index in [0.29, 0.717) is 12.8 Å². The number of nitrogens with zero attached hydrogens (tertiary/aromatic N) is 3. The minimum absolute atomic E-state index is 0.0425. The molecule has 0 fully saturated rings. The monoisotopic (exact) mass is 487 g/mol. The Balaban J connectivity index is 1.38. The number of hydrogen-bond donors (Lipinski definition) is 2. The highest BCUT2D eigenvalue weighted by Gasteiger charge is 2.21. The molecule has 35 heavy (non-hydrogen) atoms. The van der Waals surface area contributed by atoms with Crippen molar-refractivity contribution in [3.05, 3.63) is 90.1 Å². The third-order valence-corrected chi connectivity index (χ3v) is 6.79. The van der Waals surface area contributed by atoms with Crippen molar-refractivity contribution in [1.29, 1.82) is 0 Å². The van der Waals surface area contributed by atoms with Crippen molar-refractivity contribution in [3.63, 3.8) is 0 Å². The van der Waals surface area contributed by atoms with Crippen molar-refractivity contribution in [3.8, 4) is 11.3 Å². The molecular formula is C27H26FN5OS. The number of thioether (sulfide) groups is 1. The number of aromatic nitrogens is 4. The smallest absolute Gasteiger partial charge is 0.220 e. The average Bonchev–Trinajstić information content (AvgIpc) is 3.47. The summed E-state index contributed by atoms with van der Waals surface area (Å²) in [7, 11) is 0. The molecule has 8 heteroatoms. The van der Waals surface area contributed by atoms with Gasteiger partial charge in [0.15, 0.2) is 11.5 Å². The Morgan fingerprint density at radius 1 is 1.09 bits per heavy atom. The maximum Gasteiger partial charge on any atom is 0.220 e. The highest BCUT2D eigenvalue weighted by molar-refractivity contribution is 7.98. The van der Waals surface area contributed by atoms with Gasteiger partial charge >= 0.3 is 0 Å². The molecule has 1 amide bonds. The molecule has 3 aromatic heterocycles. The van der Waals surface area contributed by atoms with Crippen LogP contribution in [-0.4, -0.2) is 37.5 Å². The number of H-pyrrole nitrogens is 1. The lowest BCUT2D eigenvalue weighted by Crippen LogP contribution is -2.30. The van der Waals surface area contributed by atoms with Crippen LogP contribution in [0.25, 0.3) is 27.8 Å². The molecule has 3 heterocycles. The number of benzene rings is 2. The molecule has 0 aliphatic carbocycles. The van der Waals surface area contributed by atoms with Gasteiger partial charge < -0.3 is 10.3 Å². The number of aromatic amines is 1. The second-order valence-corrected chi connectivity index (χ2v) is 9.41. The van der Waals surface area contributed by atoms with E-state index in [9.17, 15) is 9.18 Å². The number of pyridine rings is 1. The van der Waals surface area contributed by atoms with Crippen LogP contribution in [0.5, 0.6) is 0 Å². The zero-order valence-corrected chi connectivity index (χ0v) is 20.2. The van der Waals surface area contributed by atoms with Gasteiger partial charge in [-0.15, -0.1) is 10.2 Å². The standard InChI is InChI=1S/C27H26FN5OS/c1-35-17-15-23(27-32-31-24-8-4-5-16-33(24)27)29-25(34)14-13-21-20-6-2-3-7-22(20)30-26(21)18-9-11-19(28)12-10-18/h2-12,16,23,30H,13-15,17H2,1H3,(H,29,34). The number of nitrogens with one attached hydrogen (secondary N) is 2. The van der Waals surface area contributed by atoms with Crippen LogP contribution in [0.2, 0.25) is 0 Å². The average molecular weight is 488 g/mol. The highest BCUT2D eigenvalue weighted by atomic mass is 32.2. The van der Waals surface area contributed by atoms with Gasteiger partial charge in [-0.25, -0.2) is 4.39 Å². The van der Waals surface area contributed by atoms with Crippen LogP contribution in [0.15, 0.2) is 72.9 Å². The van der Waals surface area contributed by atoms with Crippen LogP contribution in [0, 0.1) is 5.82 Å². The molecule has 5 aromatic rings. The Kier molecular flexibility index (Phi) is 6.81. The Bertz CT molecular complexity index is 1460. The number of carbonyl (C=O) groups excluding carboxylic acids is 1.